The molecule has 0 unspecified atom stereocenters. The highest BCUT2D eigenvalue weighted by Crippen LogP contribution is 2.17. The van der Waals surface area contributed by atoms with Gasteiger partial charge in [0.1, 0.15) is 0 Å². The lowest BCUT2D eigenvalue weighted by atomic mass is 10.2. The first-order valence-corrected chi connectivity index (χ1v) is 11.8. The van der Waals surface area contributed by atoms with Crippen LogP contribution in [0.3, 0.4) is 0 Å². The molecule has 0 radical (unpaired) electrons. The van der Waals surface area contributed by atoms with Crippen LogP contribution in [-0.4, -0.2) is 22.7 Å². The minimum atomic E-state index is -3.80. The number of hydrazone groups is 1. The summed E-state index contributed by atoms with van der Waals surface area (Å²) >= 11 is 0. The Hall–Kier alpha value is -3.45. The first-order valence-electron chi connectivity index (χ1n) is 8.69. The van der Waals surface area contributed by atoms with Crippen molar-refractivity contribution in [2.75, 3.05) is 5.43 Å². The summed E-state index contributed by atoms with van der Waals surface area (Å²) in [4.78, 5) is -0.0547. The molecule has 0 heterocycles. The second-order valence-corrected chi connectivity index (χ2v) is 9.34. The number of rotatable bonds is 6. The molecule has 3 rings (SSSR count). The molecule has 0 aliphatic carbocycles. The maximum atomic E-state index is 11.4. The van der Waals surface area contributed by atoms with Crippen molar-refractivity contribution in [1.82, 2.24) is 0 Å². The number of nitrogens with two attached hydrogens (primary N) is 2. The van der Waals surface area contributed by atoms with Gasteiger partial charge in [-0.2, -0.15) is 5.10 Å². The number of azo groups is 1. The zero-order valence-electron chi connectivity index (χ0n) is 16.0. The lowest BCUT2D eigenvalue weighted by Crippen LogP contribution is -2.11. The summed E-state index contributed by atoms with van der Waals surface area (Å²) in [6.07, 6.45) is 0. The Balaban J connectivity index is 1.86. The molecule has 10 nitrogen and oxygen atoms in total. The Labute approximate surface area is 179 Å². The predicted molar refractivity (Wildman–Crippen MR) is 117 cm³/mol. The van der Waals surface area contributed by atoms with Crippen molar-refractivity contribution in [3.05, 3.63) is 84.4 Å². The number of primary sulfonamides is 2. The van der Waals surface area contributed by atoms with Gasteiger partial charge in [0, 0.05) is 5.56 Å². The van der Waals surface area contributed by atoms with Gasteiger partial charge in [-0.25, -0.2) is 27.1 Å². The van der Waals surface area contributed by atoms with Crippen LogP contribution in [0.25, 0.3) is 0 Å². The molecule has 0 saturated carbocycles. The van der Waals surface area contributed by atoms with E-state index in [0.717, 1.165) is 0 Å². The molecule has 12 heteroatoms. The Morgan fingerprint density at radius 1 is 0.710 bits per heavy atom. The third kappa shape index (κ3) is 6.26. The van der Waals surface area contributed by atoms with E-state index in [1.807, 2.05) is 18.2 Å². The molecule has 31 heavy (non-hydrogen) atoms. The van der Waals surface area contributed by atoms with Gasteiger partial charge in [0.05, 0.1) is 21.2 Å². The van der Waals surface area contributed by atoms with E-state index in [2.05, 4.69) is 20.8 Å². The quantitative estimate of drug-likeness (QED) is 0.223. The topological polar surface area (TPSA) is 169 Å². The zero-order valence-corrected chi connectivity index (χ0v) is 17.6. The van der Waals surface area contributed by atoms with Crippen LogP contribution in [0.2, 0.25) is 0 Å². The van der Waals surface area contributed by atoms with Gasteiger partial charge in [-0.3, -0.25) is 5.43 Å². The fourth-order valence-electron chi connectivity index (χ4n) is 2.38. The molecule has 0 fully saturated rings. The summed E-state index contributed by atoms with van der Waals surface area (Å²) in [7, 11) is -7.59. The van der Waals surface area contributed by atoms with Gasteiger partial charge in [0.25, 0.3) is 0 Å². The minimum absolute atomic E-state index is 0.0204. The monoisotopic (exact) mass is 458 g/mol. The van der Waals surface area contributed by atoms with Crippen molar-refractivity contribution in [1.29, 1.82) is 0 Å². The molecule has 0 amide bonds. The number of amidine groups is 1. The van der Waals surface area contributed by atoms with E-state index >= 15 is 0 Å². The lowest BCUT2D eigenvalue weighted by molar-refractivity contribution is 0.596. The third-order valence-electron chi connectivity index (χ3n) is 3.93. The molecule has 0 saturated heterocycles. The Morgan fingerprint density at radius 3 is 1.74 bits per heavy atom. The highest BCUT2D eigenvalue weighted by molar-refractivity contribution is 7.89. The number of benzene rings is 3. The summed E-state index contributed by atoms with van der Waals surface area (Å²) in [6, 6.07) is 20.3. The van der Waals surface area contributed by atoms with E-state index in [9.17, 15) is 16.8 Å². The van der Waals surface area contributed by atoms with Crippen LogP contribution in [0.15, 0.2) is 104 Å². The number of anilines is 1. The molecule has 0 aliphatic heterocycles. The van der Waals surface area contributed by atoms with E-state index in [0.29, 0.717) is 16.9 Å². The van der Waals surface area contributed by atoms with Gasteiger partial charge in [-0.15, -0.1) is 10.2 Å². The summed E-state index contributed by atoms with van der Waals surface area (Å²) in [5.74, 6) is 0.242. The van der Waals surface area contributed by atoms with Crippen LogP contribution in [0.1, 0.15) is 5.56 Å². The Morgan fingerprint density at radius 2 is 1.23 bits per heavy atom. The molecule has 0 bridgehead atoms. The molecule has 0 spiro atoms. The average Bonchev–Trinajstić information content (AvgIpc) is 2.74. The van der Waals surface area contributed by atoms with E-state index < -0.39 is 20.0 Å². The number of hydrogen-bond acceptors (Lipinski definition) is 7. The smallest absolute Gasteiger partial charge is 0.238 e. The van der Waals surface area contributed by atoms with Crippen LogP contribution in [0.5, 0.6) is 0 Å². The SMILES string of the molecule is NS(=O)(=O)c1ccc(N=N/C(=N\Nc2ccc(S(N)(=O)=O)cc2)c2ccccc2)cc1. The number of nitrogens with zero attached hydrogens (tertiary/aromatic N) is 3. The van der Waals surface area contributed by atoms with E-state index in [1.54, 1.807) is 12.1 Å². The van der Waals surface area contributed by atoms with E-state index in [1.165, 1.54) is 48.5 Å². The van der Waals surface area contributed by atoms with E-state index in [4.69, 9.17) is 10.3 Å². The second-order valence-electron chi connectivity index (χ2n) is 6.22. The van der Waals surface area contributed by atoms with Crippen LogP contribution in [-0.2, 0) is 20.0 Å². The van der Waals surface area contributed by atoms with Gasteiger partial charge in [0.15, 0.2) is 0 Å². The summed E-state index contributed by atoms with van der Waals surface area (Å²) in [6.45, 7) is 0. The molecular weight excluding hydrogens is 440 g/mol. The van der Waals surface area contributed by atoms with Crippen molar-refractivity contribution in [3.63, 3.8) is 0 Å². The Kier molecular flexibility index (Phi) is 6.56. The predicted octanol–water partition coefficient (Wildman–Crippen LogP) is 2.54. The maximum Gasteiger partial charge on any atom is 0.238 e. The summed E-state index contributed by atoms with van der Waals surface area (Å²) < 4.78 is 45.4. The summed E-state index contributed by atoms with van der Waals surface area (Å²) in [5.41, 5.74) is 4.36. The largest absolute Gasteiger partial charge is 0.276 e. The van der Waals surface area contributed by atoms with Crippen molar-refractivity contribution >= 4 is 37.3 Å². The lowest BCUT2D eigenvalue weighted by Gasteiger charge is -2.04. The van der Waals surface area contributed by atoms with Gasteiger partial charge >= 0.3 is 0 Å². The molecule has 5 N–H and O–H groups in total. The number of nitrogens with one attached hydrogen (secondary N) is 1. The van der Waals surface area contributed by atoms with E-state index in [-0.39, 0.29) is 15.6 Å². The van der Waals surface area contributed by atoms with Crippen molar-refractivity contribution in [2.24, 2.45) is 25.6 Å². The minimum Gasteiger partial charge on any atom is -0.276 e. The van der Waals surface area contributed by atoms with Gasteiger partial charge in [-0.05, 0) is 48.5 Å². The first kappa shape index (κ1) is 22.2. The molecule has 3 aromatic rings. The number of sulfonamides is 2. The van der Waals surface area contributed by atoms with Crippen LogP contribution < -0.4 is 15.7 Å². The van der Waals surface area contributed by atoms with Gasteiger partial charge in [0.2, 0.25) is 25.9 Å². The maximum absolute atomic E-state index is 11.4. The highest BCUT2D eigenvalue weighted by atomic mass is 32.2. The molecule has 0 atom stereocenters. The molecule has 0 aliphatic rings. The number of hydrogen-bond donors (Lipinski definition) is 3. The normalized spacial score (nSPS) is 12.8. The molecular formula is C19H18N6O4S2. The van der Waals surface area contributed by atoms with Crippen molar-refractivity contribution in [2.45, 2.75) is 9.79 Å². The zero-order chi connectivity index (χ0) is 22.5. The molecule has 160 valence electrons. The third-order valence-corrected chi connectivity index (χ3v) is 5.79. The van der Waals surface area contributed by atoms with Crippen molar-refractivity contribution in [3.8, 4) is 0 Å². The first-order chi connectivity index (χ1) is 14.6. The summed E-state index contributed by atoms with van der Waals surface area (Å²) in [5, 5.41) is 22.6. The molecule has 3 aromatic carbocycles. The molecule has 0 aromatic heterocycles. The second kappa shape index (κ2) is 9.14. The standard InChI is InChI=1S/C19H18N6O4S2/c20-30(26,27)17-10-6-15(7-11-17)22-24-19(14-4-2-1-3-5-14)25-23-16-8-12-18(13-9-16)31(21,28)29/h1-13,22H,(H2,20,26,27)(H2,21,28,29)/b24-19-,25-23?. The fraction of sp³-hybridized carbons (Fsp3) is 0. The fourth-order valence-corrected chi connectivity index (χ4v) is 3.41. The van der Waals surface area contributed by atoms with Gasteiger partial charge < -0.3 is 0 Å². The highest BCUT2D eigenvalue weighted by Gasteiger charge is 2.08. The Bertz CT molecular complexity index is 1320. The van der Waals surface area contributed by atoms with Crippen LogP contribution >= 0.6 is 0 Å². The average molecular weight is 459 g/mol. The van der Waals surface area contributed by atoms with Crippen molar-refractivity contribution < 1.29 is 16.8 Å². The van der Waals surface area contributed by atoms with Crippen LogP contribution in [0, 0.1) is 0 Å². The van der Waals surface area contributed by atoms with Gasteiger partial charge in [-0.1, -0.05) is 30.3 Å². The van der Waals surface area contributed by atoms with Crippen LogP contribution in [0.4, 0.5) is 11.4 Å².